The summed E-state index contributed by atoms with van der Waals surface area (Å²) in [4.78, 5) is 2.42. The van der Waals surface area contributed by atoms with E-state index in [9.17, 15) is 39.5 Å². The molecule has 0 fully saturated rings. The summed E-state index contributed by atoms with van der Waals surface area (Å²) in [5.74, 6) is -0.103. The summed E-state index contributed by atoms with van der Waals surface area (Å²) in [6.07, 6.45) is -14.0. The molecule has 1 aromatic heterocycles. The average Bonchev–Trinajstić information content (AvgIpc) is 3.11. The Hall–Kier alpha value is -3.52. The number of nitrogens with one attached hydrogen (secondary N) is 1. The van der Waals surface area contributed by atoms with E-state index in [0.717, 1.165) is 10.9 Å². The molecule has 1 aliphatic rings. The number of tetrazole rings is 1. The Bertz CT molecular complexity index is 1280. The fraction of sp³-hybridized carbons (Fsp3) is 0.435. The summed E-state index contributed by atoms with van der Waals surface area (Å²) in [6, 6.07) is 2.73. The molecule has 206 valence electrons. The van der Waals surface area contributed by atoms with Gasteiger partial charge in [-0.25, -0.2) is 0 Å². The average molecular weight is 552 g/mol. The maximum Gasteiger partial charge on any atom is 0.416 e. The van der Waals surface area contributed by atoms with E-state index in [1.807, 2.05) is 0 Å². The highest BCUT2D eigenvalue weighted by Crippen LogP contribution is 2.42. The van der Waals surface area contributed by atoms with Crippen LogP contribution in [-0.4, -0.2) is 26.8 Å². The van der Waals surface area contributed by atoms with Gasteiger partial charge in [-0.15, -0.1) is 5.10 Å². The van der Waals surface area contributed by atoms with Gasteiger partial charge in [0, 0.05) is 18.8 Å². The minimum atomic E-state index is -5.05. The van der Waals surface area contributed by atoms with Crippen LogP contribution in [-0.2, 0) is 32.1 Å². The summed E-state index contributed by atoms with van der Waals surface area (Å²) in [5, 5.41) is 14.6. The van der Waals surface area contributed by atoms with Crippen LogP contribution in [0.25, 0.3) is 0 Å². The van der Waals surface area contributed by atoms with Crippen molar-refractivity contribution in [1.82, 2.24) is 20.2 Å². The Kier molecular flexibility index (Phi) is 6.99. The zero-order chi connectivity index (χ0) is 28.0. The van der Waals surface area contributed by atoms with Gasteiger partial charge in [-0.3, -0.25) is 0 Å². The second kappa shape index (κ2) is 9.66. The molecule has 6 nitrogen and oxygen atoms in total. The van der Waals surface area contributed by atoms with Gasteiger partial charge in [-0.05, 0) is 65.9 Å². The van der Waals surface area contributed by atoms with E-state index in [-0.39, 0.29) is 28.8 Å². The van der Waals surface area contributed by atoms with Crippen molar-refractivity contribution in [3.8, 4) is 0 Å². The number of aromatic nitrogens is 4. The topological polar surface area (TPSA) is 58.9 Å². The first-order valence-corrected chi connectivity index (χ1v) is 11.3. The Morgan fingerprint density at radius 3 is 2.08 bits per heavy atom. The van der Waals surface area contributed by atoms with Crippen LogP contribution in [0.2, 0.25) is 0 Å². The molecular formula is C23H21F9N6. The smallest absolute Gasteiger partial charge is 0.385 e. The standard InChI is InChI=1S/C23H21F9N6/c1-12-6-16-18(10-17(12)23(30,31)32)33-5-3-4-19(16)38(20-34-36-37(2)35-20)11-13-7-14(21(24,25)26)9-15(8-13)22(27,28)29/h6-10,19,33H,3-5,11H2,1-2H3/t19-/m1/s1. The minimum absolute atomic E-state index is 0.0291. The summed E-state index contributed by atoms with van der Waals surface area (Å²) < 4.78 is 121. The third-order valence-corrected chi connectivity index (χ3v) is 6.16. The molecule has 0 aliphatic carbocycles. The summed E-state index contributed by atoms with van der Waals surface area (Å²) in [5.41, 5.74) is -3.72. The highest BCUT2D eigenvalue weighted by atomic mass is 19.4. The zero-order valence-electron chi connectivity index (χ0n) is 19.9. The number of hydrogen-bond donors (Lipinski definition) is 1. The van der Waals surface area contributed by atoms with E-state index in [2.05, 4.69) is 20.7 Å². The number of nitrogens with zero attached hydrogens (tertiary/aromatic N) is 5. The number of fused-ring (bicyclic) bond motifs is 1. The van der Waals surface area contributed by atoms with Crippen molar-refractivity contribution in [2.75, 3.05) is 16.8 Å². The second-order valence-corrected chi connectivity index (χ2v) is 8.96. The van der Waals surface area contributed by atoms with Crippen LogP contribution in [0.15, 0.2) is 30.3 Å². The Labute approximate surface area is 210 Å². The first-order chi connectivity index (χ1) is 17.5. The fourth-order valence-electron chi connectivity index (χ4n) is 4.48. The summed E-state index contributed by atoms with van der Waals surface area (Å²) in [6.45, 7) is 1.08. The van der Waals surface area contributed by atoms with Gasteiger partial charge in [0.05, 0.1) is 29.8 Å². The van der Waals surface area contributed by atoms with Crippen molar-refractivity contribution in [2.45, 2.75) is 50.9 Å². The van der Waals surface area contributed by atoms with Crippen LogP contribution in [0, 0.1) is 6.92 Å². The molecule has 0 spiro atoms. The lowest BCUT2D eigenvalue weighted by Crippen LogP contribution is -2.30. The summed E-state index contributed by atoms with van der Waals surface area (Å²) >= 11 is 0. The molecule has 0 amide bonds. The van der Waals surface area contributed by atoms with Gasteiger partial charge in [0.2, 0.25) is 0 Å². The number of halogens is 9. The highest BCUT2D eigenvalue weighted by molar-refractivity contribution is 5.60. The third-order valence-electron chi connectivity index (χ3n) is 6.16. The van der Waals surface area contributed by atoms with Gasteiger partial charge in [-0.2, -0.15) is 44.3 Å². The summed E-state index contributed by atoms with van der Waals surface area (Å²) in [7, 11) is 1.42. The number of rotatable bonds is 4. The molecule has 3 aromatic rings. The molecule has 15 heteroatoms. The van der Waals surface area contributed by atoms with E-state index in [1.165, 1.54) is 24.9 Å². The van der Waals surface area contributed by atoms with Crippen molar-refractivity contribution in [1.29, 1.82) is 0 Å². The van der Waals surface area contributed by atoms with Gasteiger partial charge < -0.3 is 10.2 Å². The molecule has 2 aromatic carbocycles. The Morgan fingerprint density at radius 2 is 1.55 bits per heavy atom. The molecule has 0 saturated heterocycles. The minimum Gasteiger partial charge on any atom is -0.385 e. The maximum atomic E-state index is 13.5. The molecule has 1 N–H and O–H groups in total. The highest BCUT2D eigenvalue weighted by Gasteiger charge is 2.38. The molecule has 1 aliphatic heterocycles. The van der Waals surface area contributed by atoms with E-state index in [1.54, 1.807) is 0 Å². The molecule has 2 heterocycles. The molecule has 0 radical (unpaired) electrons. The van der Waals surface area contributed by atoms with Crippen LogP contribution >= 0.6 is 0 Å². The van der Waals surface area contributed by atoms with Gasteiger partial charge in [-0.1, -0.05) is 11.2 Å². The maximum absolute atomic E-state index is 13.5. The molecule has 38 heavy (non-hydrogen) atoms. The number of anilines is 2. The predicted octanol–water partition coefficient (Wildman–Crippen LogP) is 6.53. The van der Waals surface area contributed by atoms with Crippen molar-refractivity contribution in [3.63, 3.8) is 0 Å². The fourth-order valence-corrected chi connectivity index (χ4v) is 4.48. The Balaban J connectivity index is 1.86. The van der Waals surface area contributed by atoms with E-state index in [4.69, 9.17) is 0 Å². The number of aryl methyl sites for hydroxylation is 2. The van der Waals surface area contributed by atoms with Crippen LogP contribution in [0.5, 0.6) is 0 Å². The van der Waals surface area contributed by atoms with Crippen molar-refractivity contribution < 1.29 is 39.5 Å². The van der Waals surface area contributed by atoms with Gasteiger partial charge in [0.25, 0.3) is 5.95 Å². The van der Waals surface area contributed by atoms with Gasteiger partial charge in [0.1, 0.15) is 0 Å². The van der Waals surface area contributed by atoms with Crippen LogP contribution in [0.4, 0.5) is 51.1 Å². The molecule has 0 bridgehead atoms. The number of benzene rings is 2. The van der Waals surface area contributed by atoms with Crippen molar-refractivity contribution >= 4 is 11.6 Å². The number of hydrogen-bond acceptors (Lipinski definition) is 5. The van der Waals surface area contributed by atoms with E-state index in [0.29, 0.717) is 37.1 Å². The van der Waals surface area contributed by atoms with Crippen molar-refractivity contribution in [3.05, 3.63) is 63.7 Å². The van der Waals surface area contributed by atoms with E-state index < -0.39 is 47.8 Å². The number of alkyl halides is 9. The lowest BCUT2D eigenvalue weighted by atomic mass is 9.94. The molecule has 0 unspecified atom stereocenters. The SMILES string of the molecule is Cc1cc2c(cc1C(F)(F)F)NCCC[C@H]2N(Cc1cc(C(F)(F)F)cc(C(F)(F)F)c1)c1nnn(C)n1. The normalized spacial score (nSPS) is 16.6. The zero-order valence-corrected chi connectivity index (χ0v) is 19.9. The first-order valence-electron chi connectivity index (χ1n) is 11.3. The molecule has 4 rings (SSSR count). The quantitative estimate of drug-likeness (QED) is 0.373. The van der Waals surface area contributed by atoms with E-state index >= 15 is 0 Å². The Morgan fingerprint density at radius 1 is 0.921 bits per heavy atom. The third kappa shape index (κ3) is 5.80. The van der Waals surface area contributed by atoms with Crippen molar-refractivity contribution in [2.24, 2.45) is 7.05 Å². The lowest BCUT2D eigenvalue weighted by molar-refractivity contribution is -0.143. The predicted molar refractivity (Wildman–Crippen MR) is 118 cm³/mol. The van der Waals surface area contributed by atoms with Gasteiger partial charge >= 0.3 is 18.5 Å². The monoisotopic (exact) mass is 552 g/mol. The molecule has 1 atom stereocenters. The molecular weight excluding hydrogens is 531 g/mol. The molecule has 0 saturated carbocycles. The largest absolute Gasteiger partial charge is 0.416 e. The lowest BCUT2D eigenvalue weighted by Gasteiger charge is -2.32. The van der Waals surface area contributed by atoms with Gasteiger partial charge in [0.15, 0.2) is 0 Å². The van der Waals surface area contributed by atoms with Crippen LogP contribution in [0.3, 0.4) is 0 Å². The second-order valence-electron chi connectivity index (χ2n) is 8.96. The first kappa shape index (κ1) is 27.5. The van der Waals surface area contributed by atoms with Crippen LogP contribution < -0.4 is 10.2 Å². The van der Waals surface area contributed by atoms with Crippen LogP contribution in [0.1, 0.15) is 52.3 Å².